The zero-order chi connectivity index (χ0) is 9.42. The Kier molecular flexibility index (Phi) is 2.32. The predicted molar refractivity (Wildman–Crippen MR) is 59.7 cm³/mol. The summed E-state index contributed by atoms with van der Waals surface area (Å²) in [5, 5.41) is 10.2. The minimum absolute atomic E-state index is 0.0806. The van der Waals surface area contributed by atoms with Crippen molar-refractivity contribution in [3.63, 3.8) is 0 Å². The van der Waals surface area contributed by atoms with Crippen LogP contribution in [0.3, 0.4) is 0 Å². The third-order valence-corrected chi connectivity index (χ3v) is 3.85. The third kappa shape index (κ3) is 1.47. The largest absolute Gasteiger partial charge is 0.391 e. The minimum atomic E-state index is 0.0806. The highest BCUT2D eigenvalue weighted by atomic mass is 32.1. The van der Waals surface area contributed by atoms with Crippen molar-refractivity contribution in [2.24, 2.45) is 0 Å². The van der Waals surface area contributed by atoms with Gasteiger partial charge in [-0.3, -0.25) is 0 Å². The maximum atomic E-state index is 9.05. The fourth-order valence-corrected chi connectivity index (χ4v) is 2.77. The Morgan fingerprint density at radius 2 is 2.23 bits per heavy atom. The molecule has 13 heavy (non-hydrogen) atoms. The molecule has 1 nitrogen and oxygen atoms in total. The van der Waals surface area contributed by atoms with Crippen molar-refractivity contribution < 1.29 is 5.11 Å². The molecule has 3 heteroatoms. The number of benzene rings is 1. The molecule has 0 saturated heterocycles. The molecule has 1 aromatic carbocycles. The predicted octanol–water partition coefficient (Wildman–Crippen LogP) is 2.99. The highest BCUT2D eigenvalue weighted by molar-refractivity contribution is 7.80. The molecular weight excluding hydrogens is 200 g/mol. The molecule has 0 bridgehead atoms. The number of fused-ring (bicyclic) bond motifs is 1. The summed E-state index contributed by atoms with van der Waals surface area (Å²) >= 11 is 6.00. The first-order valence-electron chi connectivity index (χ1n) is 4.04. The first-order valence-corrected chi connectivity index (χ1v) is 5.30. The van der Waals surface area contributed by atoms with Crippen molar-refractivity contribution in [3.8, 4) is 0 Å². The van der Waals surface area contributed by atoms with E-state index in [2.05, 4.69) is 37.8 Å². The summed E-state index contributed by atoms with van der Waals surface area (Å²) in [5.41, 5.74) is 1.23. The fourth-order valence-electron chi connectivity index (χ4n) is 1.36. The molecule has 0 radical (unpaired) electrons. The Morgan fingerprint density at radius 1 is 1.46 bits per heavy atom. The second-order valence-corrected chi connectivity index (χ2v) is 4.62. The van der Waals surface area contributed by atoms with Crippen LogP contribution in [-0.2, 0) is 6.61 Å². The third-order valence-electron chi connectivity index (χ3n) is 2.03. The van der Waals surface area contributed by atoms with E-state index < -0.39 is 0 Å². The molecule has 0 aliphatic heterocycles. The van der Waals surface area contributed by atoms with Crippen LogP contribution >= 0.6 is 24.0 Å². The quantitative estimate of drug-likeness (QED) is 0.693. The van der Waals surface area contributed by atoms with E-state index in [1.165, 1.54) is 10.3 Å². The second kappa shape index (κ2) is 3.33. The number of aryl methyl sites for hydroxylation is 1. The molecular formula is C10H10OS2. The van der Waals surface area contributed by atoms with Crippen molar-refractivity contribution in [2.45, 2.75) is 18.4 Å². The smallest absolute Gasteiger partial charge is 0.0786 e. The maximum Gasteiger partial charge on any atom is 0.0786 e. The SMILES string of the molecule is Cc1ccc2sc(CO)c(S)c2c1. The van der Waals surface area contributed by atoms with Crippen molar-refractivity contribution in [2.75, 3.05) is 0 Å². The Morgan fingerprint density at radius 3 is 2.92 bits per heavy atom. The van der Waals surface area contributed by atoms with Crippen LogP contribution in [0.1, 0.15) is 10.4 Å². The highest BCUT2D eigenvalue weighted by Gasteiger charge is 2.07. The van der Waals surface area contributed by atoms with Gasteiger partial charge in [-0.05, 0) is 19.1 Å². The summed E-state index contributed by atoms with van der Waals surface area (Å²) < 4.78 is 1.19. The number of hydrogen-bond acceptors (Lipinski definition) is 3. The number of thiol groups is 1. The van der Waals surface area contributed by atoms with Crippen molar-refractivity contribution in [1.82, 2.24) is 0 Å². The maximum absolute atomic E-state index is 9.05. The summed E-state index contributed by atoms with van der Waals surface area (Å²) in [5.74, 6) is 0. The molecule has 0 spiro atoms. The van der Waals surface area contributed by atoms with Crippen LogP contribution in [0.2, 0.25) is 0 Å². The van der Waals surface area contributed by atoms with E-state index in [1.54, 1.807) is 11.3 Å². The van der Waals surface area contributed by atoms with E-state index in [9.17, 15) is 0 Å². The average Bonchev–Trinajstić information content (AvgIpc) is 2.44. The van der Waals surface area contributed by atoms with Gasteiger partial charge in [-0.25, -0.2) is 0 Å². The van der Waals surface area contributed by atoms with E-state index >= 15 is 0 Å². The molecule has 0 aliphatic rings. The molecule has 2 aromatic rings. The molecule has 0 atom stereocenters. The number of aliphatic hydroxyl groups excluding tert-OH is 1. The minimum Gasteiger partial charge on any atom is -0.391 e. The standard InChI is InChI=1S/C10H10OS2/c1-6-2-3-8-7(4-6)10(12)9(5-11)13-8/h2-4,11-12H,5H2,1H3. The van der Waals surface area contributed by atoms with Gasteiger partial charge in [0.15, 0.2) is 0 Å². The lowest BCUT2D eigenvalue weighted by molar-refractivity contribution is 0.283. The van der Waals surface area contributed by atoms with Gasteiger partial charge in [0.25, 0.3) is 0 Å². The van der Waals surface area contributed by atoms with Crippen molar-refractivity contribution in [3.05, 3.63) is 28.6 Å². The summed E-state index contributed by atoms with van der Waals surface area (Å²) in [7, 11) is 0. The Balaban J connectivity index is 2.77. The van der Waals surface area contributed by atoms with E-state index in [4.69, 9.17) is 5.11 Å². The molecule has 1 heterocycles. The molecule has 0 saturated carbocycles. The monoisotopic (exact) mass is 210 g/mol. The number of hydrogen-bond donors (Lipinski definition) is 2. The summed E-state index contributed by atoms with van der Waals surface area (Å²) in [4.78, 5) is 1.87. The lowest BCUT2D eigenvalue weighted by Gasteiger charge is -1.93. The van der Waals surface area contributed by atoms with Gasteiger partial charge < -0.3 is 5.11 Å². The van der Waals surface area contributed by atoms with Gasteiger partial charge in [-0.15, -0.1) is 24.0 Å². The summed E-state index contributed by atoms with van der Waals surface area (Å²) in [6, 6.07) is 6.26. The van der Waals surface area contributed by atoms with Crippen LogP contribution in [0.5, 0.6) is 0 Å². The first-order chi connectivity index (χ1) is 6.22. The van der Waals surface area contributed by atoms with Gasteiger partial charge >= 0.3 is 0 Å². The first kappa shape index (κ1) is 9.06. The number of rotatable bonds is 1. The molecule has 1 N–H and O–H groups in total. The van der Waals surface area contributed by atoms with Crippen LogP contribution in [-0.4, -0.2) is 5.11 Å². The Bertz CT molecular complexity index is 445. The van der Waals surface area contributed by atoms with Gasteiger partial charge in [0.05, 0.1) is 6.61 Å². The van der Waals surface area contributed by atoms with Crippen LogP contribution in [0.25, 0.3) is 10.1 Å². The van der Waals surface area contributed by atoms with Crippen LogP contribution in [0.4, 0.5) is 0 Å². The van der Waals surface area contributed by atoms with Crippen LogP contribution in [0.15, 0.2) is 23.1 Å². The van der Waals surface area contributed by atoms with E-state index in [-0.39, 0.29) is 6.61 Å². The highest BCUT2D eigenvalue weighted by Crippen LogP contribution is 2.34. The molecule has 68 valence electrons. The Hall–Kier alpha value is -0.510. The van der Waals surface area contributed by atoms with Crippen molar-refractivity contribution >= 4 is 34.1 Å². The van der Waals surface area contributed by atoms with E-state index in [0.29, 0.717) is 0 Å². The Labute approximate surface area is 86.4 Å². The number of aliphatic hydroxyl groups is 1. The fraction of sp³-hybridized carbons (Fsp3) is 0.200. The van der Waals surface area contributed by atoms with Crippen molar-refractivity contribution in [1.29, 1.82) is 0 Å². The molecule has 0 unspecified atom stereocenters. The van der Waals surface area contributed by atoms with Gasteiger partial charge in [0.2, 0.25) is 0 Å². The normalized spacial score (nSPS) is 11.0. The second-order valence-electron chi connectivity index (χ2n) is 3.03. The lowest BCUT2D eigenvalue weighted by Crippen LogP contribution is -1.76. The van der Waals surface area contributed by atoms with Gasteiger partial charge in [-0.2, -0.15) is 0 Å². The van der Waals surface area contributed by atoms with Gasteiger partial charge in [0, 0.05) is 19.9 Å². The zero-order valence-corrected chi connectivity index (χ0v) is 8.95. The molecule has 0 amide bonds. The summed E-state index contributed by atoms with van der Waals surface area (Å²) in [6.07, 6.45) is 0. The molecule has 0 fully saturated rings. The topological polar surface area (TPSA) is 20.2 Å². The van der Waals surface area contributed by atoms with Gasteiger partial charge in [0.1, 0.15) is 0 Å². The van der Waals surface area contributed by atoms with Crippen LogP contribution < -0.4 is 0 Å². The average molecular weight is 210 g/mol. The van der Waals surface area contributed by atoms with Gasteiger partial charge in [-0.1, -0.05) is 11.6 Å². The van der Waals surface area contributed by atoms with E-state index in [1.807, 2.05) is 0 Å². The number of thiophene rings is 1. The zero-order valence-electron chi connectivity index (χ0n) is 7.24. The summed E-state index contributed by atoms with van der Waals surface area (Å²) in [6.45, 7) is 2.14. The molecule has 0 aliphatic carbocycles. The van der Waals surface area contributed by atoms with E-state index in [0.717, 1.165) is 15.2 Å². The molecule has 2 rings (SSSR count). The lowest BCUT2D eigenvalue weighted by atomic mass is 10.2. The van der Waals surface area contributed by atoms with Crippen LogP contribution in [0, 0.1) is 6.92 Å². The molecule has 1 aromatic heterocycles.